The van der Waals surface area contributed by atoms with Crippen molar-refractivity contribution in [1.29, 1.82) is 0 Å². The predicted molar refractivity (Wildman–Crippen MR) is 53.6 cm³/mol. The van der Waals surface area contributed by atoms with E-state index >= 15 is 0 Å². The number of halogens is 2. The largest absolute Gasteiger partial charge is 0.490 e. The van der Waals surface area contributed by atoms with Crippen molar-refractivity contribution >= 4 is 11.6 Å². The Morgan fingerprint density at radius 2 is 2.29 bits per heavy atom. The van der Waals surface area contributed by atoms with E-state index in [1.807, 2.05) is 0 Å². The van der Waals surface area contributed by atoms with Gasteiger partial charge in [-0.2, -0.15) is 0 Å². The van der Waals surface area contributed by atoms with E-state index in [-0.39, 0.29) is 6.61 Å². The van der Waals surface area contributed by atoms with Crippen LogP contribution in [0.15, 0.2) is 18.2 Å². The van der Waals surface area contributed by atoms with Crippen molar-refractivity contribution in [2.24, 2.45) is 0 Å². The lowest BCUT2D eigenvalue weighted by molar-refractivity contribution is 0.189. The van der Waals surface area contributed by atoms with E-state index in [4.69, 9.17) is 16.3 Å². The molecule has 0 aliphatic carbocycles. The molecular weight excluding hydrogens is 207 g/mol. The first kappa shape index (κ1) is 11.3. The molecule has 1 N–H and O–H groups in total. The second-order valence-corrected chi connectivity index (χ2v) is 3.33. The third-order valence-corrected chi connectivity index (χ3v) is 1.99. The fourth-order valence-electron chi connectivity index (χ4n) is 1.13. The maximum Gasteiger partial charge on any atom is 0.125 e. The maximum atomic E-state index is 11.9. The van der Waals surface area contributed by atoms with Gasteiger partial charge >= 0.3 is 0 Å². The number of hydrogen-bond acceptors (Lipinski definition) is 2. The van der Waals surface area contributed by atoms with Crippen molar-refractivity contribution < 1.29 is 14.2 Å². The fourth-order valence-corrected chi connectivity index (χ4v) is 1.31. The summed E-state index contributed by atoms with van der Waals surface area (Å²) in [6.45, 7) is 1.04. The Hall–Kier alpha value is -0.800. The van der Waals surface area contributed by atoms with Gasteiger partial charge in [-0.3, -0.25) is 0 Å². The zero-order valence-electron chi connectivity index (χ0n) is 7.84. The zero-order chi connectivity index (χ0) is 10.6. The Kier molecular flexibility index (Phi) is 4.17. The standard InChI is InChI=1S/C10H12ClFO2/c1-7(13)9-6-8(11)2-3-10(9)14-5-4-12/h2-3,6-7,13H,4-5H2,1H3/t7-/m1/s1. The quantitative estimate of drug-likeness (QED) is 0.842. The molecule has 0 radical (unpaired) electrons. The molecular formula is C10H12ClFO2. The monoisotopic (exact) mass is 218 g/mol. The maximum absolute atomic E-state index is 11.9. The van der Waals surface area contributed by atoms with Crippen LogP contribution in [0.2, 0.25) is 5.02 Å². The van der Waals surface area contributed by atoms with E-state index in [0.717, 1.165) is 0 Å². The highest BCUT2D eigenvalue weighted by Crippen LogP contribution is 2.28. The van der Waals surface area contributed by atoms with Gasteiger partial charge in [-0.25, -0.2) is 4.39 Å². The SMILES string of the molecule is C[C@@H](O)c1cc(Cl)ccc1OCCF. The molecule has 0 aliphatic heterocycles. The molecule has 78 valence electrons. The van der Waals surface area contributed by atoms with Gasteiger partial charge in [-0.05, 0) is 25.1 Å². The highest BCUT2D eigenvalue weighted by molar-refractivity contribution is 6.30. The highest BCUT2D eigenvalue weighted by atomic mass is 35.5. The van der Waals surface area contributed by atoms with Gasteiger partial charge in [-0.1, -0.05) is 11.6 Å². The van der Waals surface area contributed by atoms with Gasteiger partial charge in [-0.15, -0.1) is 0 Å². The number of aliphatic hydroxyl groups excluding tert-OH is 1. The number of alkyl halides is 1. The smallest absolute Gasteiger partial charge is 0.125 e. The zero-order valence-corrected chi connectivity index (χ0v) is 8.59. The summed E-state index contributed by atoms with van der Waals surface area (Å²) in [6, 6.07) is 4.88. The molecule has 4 heteroatoms. The van der Waals surface area contributed by atoms with Crippen LogP contribution >= 0.6 is 11.6 Å². The van der Waals surface area contributed by atoms with Crippen LogP contribution < -0.4 is 4.74 Å². The van der Waals surface area contributed by atoms with Crippen molar-refractivity contribution in [3.63, 3.8) is 0 Å². The van der Waals surface area contributed by atoms with Crippen molar-refractivity contribution in [2.45, 2.75) is 13.0 Å². The third kappa shape index (κ3) is 2.86. The highest BCUT2D eigenvalue weighted by Gasteiger charge is 2.09. The summed E-state index contributed by atoms with van der Waals surface area (Å²) in [5.74, 6) is 0.474. The lowest BCUT2D eigenvalue weighted by atomic mass is 10.1. The van der Waals surface area contributed by atoms with Gasteiger partial charge in [0.25, 0.3) is 0 Å². The van der Waals surface area contributed by atoms with Crippen molar-refractivity contribution in [1.82, 2.24) is 0 Å². The number of ether oxygens (including phenoxy) is 1. The number of hydrogen-bond donors (Lipinski definition) is 1. The van der Waals surface area contributed by atoms with E-state index in [1.165, 1.54) is 0 Å². The molecule has 2 nitrogen and oxygen atoms in total. The summed E-state index contributed by atoms with van der Waals surface area (Å²) in [7, 11) is 0. The first-order valence-electron chi connectivity index (χ1n) is 4.31. The molecule has 1 atom stereocenters. The summed E-state index contributed by atoms with van der Waals surface area (Å²) in [6.07, 6.45) is -0.677. The molecule has 0 heterocycles. The van der Waals surface area contributed by atoms with Crippen molar-refractivity contribution in [2.75, 3.05) is 13.3 Å². The Morgan fingerprint density at radius 1 is 1.57 bits per heavy atom. The average Bonchev–Trinajstić information content (AvgIpc) is 2.15. The minimum atomic E-state index is -0.677. The van der Waals surface area contributed by atoms with Crippen LogP contribution in [0.25, 0.3) is 0 Å². The second kappa shape index (κ2) is 5.17. The Labute approximate surface area is 87.3 Å². The molecule has 14 heavy (non-hydrogen) atoms. The van der Waals surface area contributed by atoms with Crippen molar-refractivity contribution in [3.05, 3.63) is 28.8 Å². The lowest BCUT2D eigenvalue weighted by Crippen LogP contribution is -2.03. The summed E-state index contributed by atoms with van der Waals surface area (Å²) >= 11 is 5.75. The number of benzene rings is 1. The molecule has 0 amide bonds. The summed E-state index contributed by atoms with van der Waals surface area (Å²) in [4.78, 5) is 0. The van der Waals surface area contributed by atoms with E-state index in [0.29, 0.717) is 16.3 Å². The molecule has 0 aromatic heterocycles. The van der Waals surface area contributed by atoms with E-state index in [2.05, 4.69) is 0 Å². The molecule has 0 saturated carbocycles. The van der Waals surface area contributed by atoms with Crippen LogP contribution in [0.4, 0.5) is 4.39 Å². The van der Waals surface area contributed by atoms with Gasteiger partial charge in [0, 0.05) is 10.6 Å². The van der Waals surface area contributed by atoms with Gasteiger partial charge in [0.15, 0.2) is 0 Å². The Balaban J connectivity index is 2.90. The van der Waals surface area contributed by atoms with E-state index in [1.54, 1.807) is 25.1 Å². The van der Waals surface area contributed by atoms with Gasteiger partial charge in [0.05, 0.1) is 6.10 Å². The molecule has 1 rings (SSSR count). The van der Waals surface area contributed by atoms with Crippen LogP contribution in [-0.2, 0) is 0 Å². The molecule has 0 bridgehead atoms. The van der Waals surface area contributed by atoms with Crippen LogP contribution in [0, 0.1) is 0 Å². The summed E-state index contributed by atoms with van der Waals surface area (Å²) in [5.41, 5.74) is 0.575. The molecule has 0 spiro atoms. The van der Waals surface area contributed by atoms with Crippen LogP contribution in [0.1, 0.15) is 18.6 Å². The molecule has 0 saturated heterocycles. The second-order valence-electron chi connectivity index (χ2n) is 2.90. The number of rotatable bonds is 4. The van der Waals surface area contributed by atoms with Gasteiger partial charge < -0.3 is 9.84 Å². The summed E-state index contributed by atoms with van der Waals surface area (Å²) < 4.78 is 17.0. The molecule has 0 fully saturated rings. The fraction of sp³-hybridized carbons (Fsp3) is 0.400. The first-order chi connectivity index (χ1) is 6.65. The first-order valence-corrected chi connectivity index (χ1v) is 4.69. The minimum Gasteiger partial charge on any atom is -0.490 e. The van der Waals surface area contributed by atoms with E-state index < -0.39 is 12.8 Å². The molecule has 1 aromatic carbocycles. The van der Waals surface area contributed by atoms with Gasteiger partial charge in [0.1, 0.15) is 19.0 Å². The van der Waals surface area contributed by atoms with Gasteiger partial charge in [0.2, 0.25) is 0 Å². The van der Waals surface area contributed by atoms with Crippen LogP contribution in [-0.4, -0.2) is 18.4 Å². The van der Waals surface area contributed by atoms with Crippen LogP contribution in [0.5, 0.6) is 5.75 Å². The Bertz CT molecular complexity index is 302. The third-order valence-electron chi connectivity index (χ3n) is 1.76. The lowest BCUT2D eigenvalue weighted by Gasteiger charge is -2.12. The van der Waals surface area contributed by atoms with Crippen LogP contribution in [0.3, 0.4) is 0 Å². The van der Waals surface area contributed by atoms with Crippen molar-refractivity contribution in [3.8, 4) is 5.75 Å². The summed E-state index contributed by atoms with van der Waals surface area (Å²) in [5, 5.41) is 9.92. The average molecular weight is 219 g/mol. The molecule has 1 aromatic rings. The topological polar surface area (TPSA) is 29.5 Å². The predicted octanol–water partition coefficient (Wildman–Crippen LogP) is 2.74. The minimum absolute atomic E-state index is 0.0125. The molecule has 0 aliphatic rings. The van der Waals surface area contributed by atoms with E-state index in [9.17, 15) is 9.50 Å². The normalized spacial score (nSPS) is 12.6. The Morgan fingerprint density at radius 3 is 2.86 bits per heavy atom. The number of aliphatic hydroxyl groups is 1. The molecule has 0 unspecified atom stereocenters.